The topological polar surface area (TPSA) is 261 Å². The van der Waals surface area contributed by atoms with Crippen LogP contribution in [0.4, 0.5) is 39.5 Å². The molecule has 0 atom stereocenters. The molecule has 108 heavy (non-hydrogen) atoms. The zero-order valence-corrected chi connectivity index (χ0v) is 60.2. The molecule has 0 aliphatic carbocycles. The molecule has 36 heteroatoms. The van der Waals surface area contributed by atoms with Gasteiger partial charge in [-0.05, 0) is 159 Å². The van der Waals surface area contributed by atoms with Gasteiger partial charge in [-0.1, -0.05) is 171 Å². The van der Waals surface area contributed by atoms with E-state index < -0.39 is 54.2 Å². The molecule has 0 fully saturated rings. The van der Waals surface area contributed by atoms with Gasteiger partial charge in [-0.15, -0.1) is 54.4 Å². The summed E-state index contributed by atoms with van der Waals surface area (Å²) in [4.78, 5) is 37.2. The van der Waals surface area contributed by atoms with Crippen LogP contribution in [0.15, 0.2) is 230 Å². The Hall–Kier alpha value is -11.1. The molecule has 0 aliphatic heterocycles. The quantitative estimate of drug-likeness (QED) is 0.0324. The Morgan fingerprint density at radius 3 is 1.19 bits per heavy atom. The first-order valence-electron chi connectivity index (χ1n) is 30.8. The first-order chi connectivity index (χ1) is 51.4. The van der Waals surface area contributed by atoms with Crippen LogP contribution in [0.3, 0.4) is 0 Å². The van der Waals surface area contributed by atoms with Gasteiger partial charge in [-0.25, -0.2) is 23.7 Å². The highest BCUT2D eigenvalue weighted by atomic mass is 35.5. The Bertz CT molecular complexity index is 4910. The highest BCUT2D eigenvalue weighted by Crippen LogP contribution is 2.42. The molecule has 0 unspecified atom stereocenters. The number of halogens is 12. The highest BCUT2D eigenvalue weighted by Gasteiger charge is 2.35. The van der Waals surface area contributed by atoms with Crippen LogP contribution in [0.25, 0.3) is 33.4 Å². The predicted molar refractivity (Wildman–Crippen MR) is 379 cm³/mol. The normalized spacial score (nSPS) is 11.4. The molecule has 12 rings (SSSR count). The van der Waals surface area contributed by atoms with Gasteiger partial charge in [0.15, 0.2) is 0 Å². The summed E-state index contributed by atoms with van der Waals surface area (Å²) < 4.78 is 146. The second-order valence-corrected chi connectivity index (χ2v) is 26.5. The van der Waals surface area contributed by atoms with Gasteiger partial charge >= 0.3 is 42.7 Å². The molecule has 0 amide bonds. The Labute approximate surface area is 633 Å². The molecular formula is C72H52Cl3F9N9O12S3+. The van der Waals surface area contributed by atoms with Crippen molar-refractivity contribution in [3.8, 4) is 67.9 Å². The fraction of sp³-hybridized carbons (Fsp3) is 0.125. The summed E-state index contributed by atoms with van der Waals surface area (Å²) >= 11 is 21.3. The average molecular weight is 1610 g/mol. The van der Waals surface area contributed by atoms with Crippen molar-refractivity contribution in [2.24, 2.45) is 0 Å². The maximum absolute atomic E-state index is 12.6. The number of carboxylic acids is 3. The molecule has 0 saturated carbocycles. The molecule has 3 aromatic heterocycles. The summed E-state index contributed by atoms with van der Waals surface area (Å²) in [6.45, 7) is 0.918. The van der Waals surface area contributed by atoms with E-state index in [9.17, 15) is 69.2 Å². The van der Waals surface area contributed by atoms with E-state index in [1.807, 2.05) is 36.4 Å². The number of methoxy groups -OCH3 is 3. The Balaban J connectivity index is 0.000000173. The Kier molecular flexibility index (Phi) is 25.8. The molecule has 0 aliphatic rings. The number of hydrogen-bond acceptors (Lipinski definition) is 17. The summed E-state index contributed by atoms with van der Waals surface area (Å²) in [7, 11) is 4.69. The molecular weight excluding hydrogens is 1560 g/mol. The number of benzene rings is 9. The van der Waals surface area contributed by atoms with E-state index in [-0.39, 0.29) is 45.2 Å². The number of nitrogens with zero attached hydrogens (tertiary/aromatic N) is 8. The molecule has 9 aromatic carbocycles. The summed E-state index contributed by atoms with van der Waals surface area (Å²) in [6, 6.07) is 54.6. The SMILES string of the molecule is COc1ccc(C[n+]2[nH]nc(C(=O)O)c2Sc2ccc(-c3ccc(Cl)c(OC(F)(F)F)c3)cc2)cc1.COc1ccc(Cn2nnc(C(=O)O)c2Sc2ccc(-c3ccc(Cl)c(OC(F)(F)F)c3)cc2)cc1.COc1ccc(Cn2nnc(C(=O)O)c2Sc2ccc(-c3cccc(OC(F)(F)F)c3Cl)cc2)cc1. The summed E-state index contributed by atoms with van der Waals surface area (Å²) in [5.41, 5.74) is 5.20. The van der Waals surface area contributed by atoms with E-state index in [0.29, 0.717) is 86.9 Å². The van der Waals surface area contributed by atoms with Crippen molar-refractivity contribution in [3.05, 3.63) is 249 Å². The van der Waals surface area contributed by atoms with E-state index in [4.69, 9.17) is 49.0 Å². The molecule has 12 aromatic rings. The number of nitrogens with one attached hydrogen (secondary N) is 1. The lowest BCUT2D eigenvalue weighted by atomic mass is 10.1. The highest BCUT2D eigenvalue weighted by molar-refractivity contribution is 7.99. The van der Waals surface area contributed by atoms with E-state index in [1.165, 1.54) is 51.5 Å². The summed E-state index contributed by atoms with van der Waals surface area (Å²) in [5, 5.41) is 51.5. The van der Waals surface area contributed by atoms with Crippen molar-refractivity contribution in [2.45, 2.75) is 68.5 Å². The first-order valence-corrected chi connectivity index (χ1v) is 34.4. The van der Waals surface area contributed by atoms with E-state index in [2.05, 4.69) is 45.1 Å². The van der Waals surface area contributed by atoms with Gasteiger partial charge in [-0.3, -0.25) is 0 Å². The van der Waals surface area contributed by atoms with Crippen molar-refractivity contribution in [1.29, 1.82) is 0 Å². The number of aromatic nitrogens is 9. The van der Waals surface area contributed by atoms with Crippen LogP contribution in [0.5, 0.6) is 34.5 Å². The number of alkyl halides is 9. The van der Waals surface area contributed by atoms with Crippen LogP contribution in [0.2, 0.25) is 15.1 Å². The lowest BCUT2D eigenvalue weighted by molar-refractivity contribution is -0.778. The molecule has 21 nitrogen and oxygen atoms in total. The Morgan fingerprint density at radius 1 is 0.444 bits per heavy atom. The number of carbonyl (C=O) groups is 3. The minimum Gasteiger partial charge on any atom is -0.497 e. The smallest absolute Gasteiger partial charge is 0.497 e. The van der Waals surface area contributed by atoms with Crippen molar-refractivity contribution in [1.82, 2.24) is 40.3 Å². The van der Waals surface area contributed by atoms with Gasteiger partial charge in [0.05, 0.1) is 54.6 Å². The van der Waals surface area contributed by atoms with Crippen LogP contribution < -0.4 is 33.1 Å². The van der Waals surface area contributed by atoms with Gasteiger partial charge in [0.25, 0.3) is 0 Å². The molecule has 0 spiro atoms. The van der Waals surface area contributed by atoms with Crippen molar-refractivity contribution in [3.63, 3.8) is 0 Å². The molecule has 558 valence electrons. The van der Waals surface area contributed by atoms with E-state index in [0.717, 1.165) is 46.3 Å². The zero-order valence-electron chi connectivity index (χ0n) is 55.5. The second kappa shape index (κ2) is 35.1. The minimum absolute atomic E-state index is 0.135. The third kappa shape index (κ3) is 21.6. The van der Waals surface area contributed by atoms with Crippen LogP contribution >= 0.6 is 70.1 Å². The fourth-order valence-corrected chi connectivity index (χ4v) is 13.2. The zero-order chi connectivity index (χ0) is 77.6. The number of carboxylic acid groups (broad SMARTS) is 3. The van der Waals surface area contributed by atoms with E-state index >= 15 is 0 Å². The van der Waals surface area contributed by atoms with Crippen molar-refractivity contribution in [2.75, 3.05) is 21.3 Å². The van der Waals surface area contributed by atoms with Gasteiger partial charge in [0.2, 0.25) is 16.4 Å². The largest absolute Gasteiger partial charge is 0.573 e. The molecule has 4 N–H and O–H groups in total. The number of ether oxygens (including phenoxy) is 6. The van der Waals surface area contributed by atoms with Gasteiger partial charge < -0.3 is 43.7 Å². The fourth-order valence-electron chi connectivity index (χ4n) is 9.87. The number of H-pyrrole nitrogens is 1. The third-order valence-electron chi connectivity index (χ3n) is 14.9. The van der Waals surface area contributed by atoms with Gasteiger partial charge in [-0.2, -0.15) is 0 Å². The molecule has 0 radical (unpaired) electrons. The number of aromatic carboxylic acids is 3. The number of rotatable bonds is 24. The lowest BCUT2D eigenvalue weighted by Gasteiger charge is -2.13. The monoisotopic (exact) mass is 1610 g/mol. The standard InChI is InChI=1S/3C24H17ClF3N3O4S/c2*1-34-17-7-2-14(3-8-17)13-31-22(21(23(32)33)29-30-31)36-18-9-4-15(5-10-18)16-6-11-19(25)20(12-16)35-24(26,27)28;1-34-16-9-5-14(6-10-16)13-31-22(21(23(32)33)29-30-31)36-17-11-7-15(8-12-17)18-3-2-4-19(20(18)25)35-24(26,27)28/h3*2-12H,13H2,1H3,(H,32,33)/p+1. The average Bonchev–Trinajstić information content (AvgIpc) is 1.64. The number of aromatic amines is 1. The van der Waals surface area contributed by atoms with Crippen molar-refractivity contribution >= 4 is 88.0 Å². The van der Waals surface area contributed by atoms with Gasteiger partial charge in [0.1, 0.15) is 51.1 Å². The summed E-state index contributed by atoms with van der Waals surface area (Å²) in [5.74, 6) is -3.03. The van der Waals surface area contributed by atoms with Crippen LogP contribution in [0, 0.1) is 0 Å². The molecule has 0 bridgehead atoms. The van der Waals surface area contributed by atoms with Gasteiger partial charge in [0, 0.05) is 20.2 Å². The summed E-state index contributed by atoms with van der Waals surface area (Å²) in [6.07, 6.45) is -14.6. The van der Waals surface area contributed by atoms with Crippen LogP contribution in [-0.2, 0) is 19.6 Å². The maximum Gasteiger partial charge on any atom is 0.573 e. The first kappa shape index (κ1) is 79.5. The second-order valence-electron chi connectivity index (χ2n) is 22.1. The lowest BCUT2D eigenvalue weighted by Crippen LogP contribution is -2.38. The van der Waals surface area contributed by atoms with E-state index in [1.54, 1.807) is 153 Å². The molecule has 3 heterocycles. The Morgan fingerprint density at radius 2 is 0.806 bits per heavy atom. The van der Waals surface area contributed by atoms with Crippen LogP contribution in [0.1, 0.15) is 48.2 Å². The van der Waals surface area contributed by atoms with Crippen molar-refractivity contribution < 1.29 is 102 Å². The molecule has 0 saturated heterocycles. The number of hydrogen-bond donors (Lipinski definition) is 4. The maximum atomic E-state index is 12.6. The van der Waals surface area contributed by atoms with Crippen LogP contribution in [-0.4, -0.2) is 114 Å². The third-order valence-corrected chi connectivity index (χ3v) is 19.2. The minimum atomic E-state index is -4.87. The predicted octanol–water partition coefficient (Wildman–Crippen LogP) is 18.6.